The Kier molecular flexibility index (Phi) is 5.25. The molecule has 0 aliphatic rings. The van der Waals surface area contributed by atoms with Crippen molar-refractivity contribution in [3.05, 3.63) is 65.2 Å². The maximum Gasteiger partial charge on any atom is 0.256 e. The van der Waals surface area contributed by atoms with Crippen LogP contribution in [-0.2, 0) is 6.54 Å². The van der Waals surface area contributed by atoms with Gasteiger partial charge in [-0.15, -0.1) is 0 Å². The van der Waals surface area contributed by atoms with E-state index in [4.69, 9.17) is 15.9 Å². The molecule has 2 aromatic carbocycles. The fraction of sp³-hybridized carbons (Fsp3) is 0.111. The van der Waals surface area contributed by atoms with Gasteiger partial charge in [0.1, 0.15) is 17.1 Å². The van der Waals surface area contributed by atoms with Crippen molar-refractivity contribution in [3.63, 3.8) is 0 Å². The van der Waals surface area contributed by atoms with E-state index in [-0.39, 0.29) is 11.3 Å². The number of aromatic nitrogens is 2. The lowest BCUT2D eigenvalue weighted by Crippen LogP contribution is -2.15. The Balaban J connectivity index is 1.76. The largest absolute Gasteiger partial charge is 0.508 e. The molecule has 0 spiro atoms. The number of aliphatic hydroxyl groups excluding tert-OH is 1. The number of aromatic hydroxyl groups is 1. The van der Waals surface area contributed by atoms with Gasteiger partial charge in [0.25, 0.3) is 5.91 Å². The normalized spacial score (nSPS) is 10.8. The number of nitrogens with one attached hydrogen (secondary N) is 3. The highest BCUT2D eigenvalue weighted by Gasteiger charge is 2.18. The van der Waals surface area contributed by atoms with Crippen LogP contribution in [0.1, 0.15) is 27.8 Å². The first kappa shape index (κ1) is 18.2. The molecule has 9 heteroatoms. The Hall–Kier alpha value is -3.56. The number of carbonyl (C=O) groups is 1. The lowest BCUT2D eigenvalue weighted by molar-refractivity contribution is -0.0424. The summed E-state index contributed by atoms with van der Waals surface area (Å²) in [6.07, 6.45) is -1.55. The molecule has 1 aromatic heterocycles. The maximum absolute atomic E-state index is 11.9. The van der Waals surface area contributed by atoms with E-state index in [2.05, 4.69) is 20.8 Å². The van der Waals surface area contributed by atoms with Crippen LogP contribution in [0.4, 0.5) is 17.3 Å². The van der Waals surface area contributed by atoms with Crippen LogP contribution in [0, 0.1) is 0 Å². The lowest BCUT2D eigenvalue weighted by Gasteiger charge is -2.09. The number of nitrogens with two attached hydrogens (primary N) is 1. The summed E-state index contributed by atoms with van der Waals surface area (Å²) in [7, 11) is 0. The zero-order valence-electron chi connectivity index (χ0n) is 14.2. The number of aromatic amines is 1. The average molecular weight is 369 g/mol. The summed E-state index contributed by atoms with van der Waals surface area (Å²) in [5.74, 6) is 0.109. The van der Waals surface area contributed by atoms with Gasteiger partial charge in [0, 0.05) is 17.8 Å². The zero-order valence-corrected chi connectivity index (χ0v) is 14.2. The van der Waals surface area contributed by atoms with Crippen molar-refractivity contribution in [1.29, 1.82) is 0 Å². The second-order valence-corrected chi connectivity index (χ2v) is 5.83. The Morgan fingerprint density at radius 2 is 1.78 bits per heavy atom. The van der Waals surface area contributed by atoms with Gasteiger partial charge in [0.2, 0.25) is 0 Å². The van der Waals surface area contributed by atoms with Crippen molar-refractivity contribution in [2.75, 3.05) is 10.6 Å². The van der Waals surface area contributed by atoms with Gasteiger partial charge in [0.15, 0.2) is 12.1 Å². The Morgan fingerprint density at radius 3 is 2.37 bits per heavy atom. The molecule has 27 heavy (non-hydrogen) atoms. The molecule has 0 atom stereocenters. The topological polar surface area (TPSA) is 157 Å². The van der Waals surface area contributed by atoms with Crippen molar-refractivity contribution in [1.82, 2.24) is 10.2 Å². The molecule has 0 bridgehead atoms. The molecular formula is C18H19N5O4. The number of H-pyrrole nitrogens is 1. The highest BCUT2D eigenvalue weighted by atomic mass is 16.5. The fourth-order valence-corrected chi connectivity index (χ4v) is 2.48. The minimum atomic E-state index is -1.55. The Labute approximate surface area is 154 Å². The van der Waals surface area contributed by atoms with Gasteiger partial charge in [-0.05, 0) is 29.8 Å². The van der Waals surface area contributed by atoms with Crippen molar-refractivity contribution in [2.45, 2.75) is 12.8 Å². The standard InChI is InChI=1S/C18H19N5O4/c19-15(25)14-16(20-9-10-1-7-13(24)8-2-10)22-23-17(14)21-12-5-3-11(4-6-12)18(26)27/h1-8,18,24,26-27H,9H2,(H2,19,25)(H3,20,21,22,23). The van der Waals surface area contributed by atoms with Gasteiger partial charge in [-0.2, -0.15) is 5.10 Å². The number of benzene rings is 2. The van der Waals surface area contributed by atoms with Gasteiger partial charge in [0.05, 0.1) is 0 Å². The summed E-state index contributed by atoms with van der Waals surface area (Å²) in [6.45, 7) is 0.383. The van der Waals surface area contributed by atoms with Crippen LogP contribution in [0.25, 0.3) is 0 Å². The number of hydrogen-bond donors (Lipinski definition) is 7. The van der Waals surface area contributed by atoms with Crippen LogP contribution in [-0.4, -0.2) is 31.4 Å². The molecule has 0 unspecified atom stereocenters. The van der Waals surface area contributed by atoms with Gasteiger partial charge in [-0.3, -0.25) is 9.89 Å². The number of carbonyl (C=O) groups excluding carboxylic acids is 1. The first-order valence-electron chi connectivity index (χ1n) is 8.07. The predicted molar refractivity (Wildman–Crippen MR) is 99.4 cm³/mol. The second-order valence-electron chi connectivity index (χ2n) is 5.83. The van der Waals surface area contributed by atoms with E-state index in [9.17, 15) is 9.90 Å². The molecule has 3 rings (SSSR count). The predicted octanol–water partition coefficient (Wildman–Crippen LogP) is 1.55. The summed E-state index contributed by atoms with van der Waals surface area (Å²) in [6, 6.07) is 13.0. The van der Waals surface area contributed by atoms with Crippen LogP contribution in [0.3, 0.4) is 0 Å². The summed E-state index contributed by atoms with van der Waals surface area (Å²) >= 11 is 0. The molecule has 140 valence electrons. The van der Waals surface area contributed by atoms with Crippen molar-refractivity contribution in [3.8, 4) is 5.75 Å². The number of anilines is 3. The van der Waals surface area contributed by atoms with Gasteiger partial charge in [-0.1, -0.05) is 24.3 Å². The number of amides is 1. The van der Waals surface area contributed by atoms with Crippen molar-refractivity contribution < 1.29 is 20.1 Å². The smallest absolute Gasteiger partial charge is 0.256 e. The van der Waals surface area contributed by atoms with E-state index in [0.717, 1.165) is 5.56 Å². The molecule has 0 saturated carbocycles. The number of phenols is 1. The molecule has 1 heterocycles. The lowest BCUT2D eigenvalue weighted by atomic mass is 10.2. The molecule has 0 aliphatic heterocycles. The quantitative estimate of drug-likeness (QED) is 0.311. The summed E-state index contributed by atoms with van der Waals surface area (Å²) in [5, 5.41) is 40.4. The van der Waals surface area contributed by atoms with E-state index in [1.54, 1.807) is 36.4 Å². The minimum Gasteiger partial charge on any atom is -0.508 e. The number of aliphatic hydroxyl groups is 2. The van der Waals surface area contributed by atoms with Crippen LogP contribution in [0.15, 0.2) is 48.5 Å². The monoisotopic (exact) mass is 369 g/mol. The molecule has 1 amide bonds. The van der Waals surface area contributed by atoms with E-state index in [1.807, 2.05) is 0 Å². The Bertz CT molecular complexity index is 920. The zero-order chi connectivity index (χ0) is 19.4. The summed E-state index contributed by atoms with van der Waals surface area (Å²) in [4.78, 5) is 11.9. The molecule has 0 fully saturated rings. The molecule has 8 N–H and O–H groups in total. The highest BCUT2D eigenvalue weighted by Crippen LogP contribution is 2.25. The summed E-state index contributed by atoms with van der Waals surface area (Å²) in [5.41, 5.74) is 7.49. The van der Waals surface area contributed by atoms with Crippen LogP contribution < -0.4 is 16.4 Å². The minimum absolute atomic E-state index is 0.167. The van der Waals surface area contributed by atoms with E-state index in [1.165, 1.54) is 12.1 Å². The van der Waals surface area contributed by atoms with Crippen molar-refractivity contribution in [2.24, 2.45) is 5.73 Å². The van der Waals surface area contributed by atoms with E-state index >= 15 is 0 Å². The maximum atomic E-state index is 11.9. The van der Waals surface area contributed by atoms with Crippen molar-refractivity contribution >= 4 is 23.2 Å². The number of rotatable bonds is 7. The third-order valence-electron chi connectivity index (χ3n) is 3.89. The number of hydrogen-bond acceptors (Lipinski definition) is 7. The fourth-order valence-electron chi connectivity index (χ4n) is 2.48. The van der Waals surface area contributed by atoms with Crippen LogP contribution >= 0.6 is 0 Å². The van der Waals surface area contributed by atoms with Crippen LogP contribution in [0.2, 0.25) is 0 Å². The number of phenolic OH excluding ortho intramolecular Hbond substituents is 1. The summed E-state index contributed by atoms with van der Waals surface area (Å²) < 4.78 is 0. The molecule has 0 saturated heterocycles. The van der Waals surface area contributed by atoms with E-state index < -0.39 is 12.2 Å². The van der Waals surface area contributed by atoms with Gasteiger partial charge in [-0.25, -0.2) is 0 Å². The highest BCUT2D eigenvalue weighted by molar-refractivity contribution is 6.03. The molecule has 3 aromatic rings. The Morgan fingerprint density at radius 1 is 1.11 bits per heavy atom. The molecule has 0 aliphatic carbocycles. The van der Waals surface area contributed by atoms with Gasteiger partial charge >= 0.3 is 0 Å². The molecule has 9 nitrogen and oxygen atoms in total. The number of primary amides is 1. The first-order valence-corrected chi connectivity index (χ1v) is 8.07. The molecular weight excluding hydrogens is 350 g/mol. The first-order chi connectivity index (χ1) is 12.9. The van der Waals surface area contributed by atoms with Crippen LogP contribution in [0.5, 0.6) is 5.75 Å². The van der Waals surface area contributed by atoms with Gasteiger partial charge < -0.3 is 31.7 Å². The average Bonchev–Trinajstić information content (AvgIpc) is 3.04. The second kappa shape index (κ2) is 7.77. The SMILES string of the molecule is NC(=O)c1c(NCc2ccc(O)cc2)n[nH]c1Nc1ccc(C(O)O)cc1. The number of nitrogens with zero attached hydrogens (tertiary/aromatic N) is 1. The van der Waals surface area contributed by atoms with E-state index in [0.29, 0.717) is 29.4 Å². The third kappa shape index (κ3) is 4.35. The molecule has 0 radical (unpaired) electrons. The third-order valence-corrected chi connectivity index (χ3v) is 3.89.